The summed E-state index contributed by atoms with van der Waals surface area (Å²) < 4.78 is 0. The summed E-state index contributed by atoms with van der Waals surface area (Å²) in [5.74, 6) is 0. The molecule has 0 saturated carbocycles. The third-order valence-electron chi connectivity index (χ3n) is 2.16. The summed E-state index contributed by atoms with van der Waals surface area (Å²) in [4.78, 5) is 2.03. The van der Waals surface area contributed by atoms with E-state index in [-0.39, 0.29) is 0 Å². The quantitative estimate of drug-likeness (QED) is 0.794. The van der Waals surface area contributed by atoms with Crippen LogP contribution < -0.4 is 5.73 Å². The molecule has 0 bridgehead atoms. The standard InChI is InChI=1S/C11H17ClN2O/c1-14(8-11(15)6-13)7-9-2-4-10(12)5-3-9/h2-5,11,15H,6-8,13H2,1H3. The summed E-state index contributed by atoms with van der Waals surface area (Å²) in [6, 6.07) is 7.69. The molecule has 3 N–H and O–H groups in total. The van der Waals surface area contributed by atoms with E-state index in [1.807, 2.05) is 36.2 Å². The van der Waals surface area contributed by atoms with E-state index in [0.29, 0.717) is 13.1 Å². The van der Waals surface area contributed by atoms with E-state index in [1.54, 1.807) is 0 Å². The van der Waals surface area contributed by atoms with Crippen LogP contribution in [0.25, 0.3) is 0 Å². The van der Waals surface area contributed by atoms with Gasteiger partial charge in [0.05, 0.1) is 6.10 Å². The Morgan fingerprint density at radius 1 is 1.40 bits per heavy atom. The normalized spacial score (nSPS) is 13.1. The van der Waals surface area contributed by atoms with E-state index in [4.69, 9.17) is 17.3 Å². The fourth-order valence-electron chi connectivity index (χ4n) is 1.40. The molecule has 0 aliphatic heterocycles. The van der Waals surface area contributed by atoms with Gasteiger partial charge in [-0.2, -0.15) is 0 Å². The molecule has 0 radical (unpaired) electrons. The van der Waals surface area contributed by atoms with E-state index < -0.39 is 6.10 Å². The van der Waals surface area contributed by atoms with Crippen LogP contribution in [-0.2, 0) is 6.54 Å². The molecule has 0 spiro atoms. The lowest BCUT2D eigenvalue weighted by atomic mass is 10.2. The number of aliphatic hydroxyl groups excluding tert-OH is 1. The second-order valence-electron chi connectivity index (χ2n) is 3.71. The zero-order valence-electron chi connectivity index (χ0n) is 8.86. The largest absolute Gasteiger partial charge is 0.390 e. The zero-order valence-corrected chi connectivity index (χ0v) is 9.61. The van der Waals surface area contributed by atoms with Crippen LogP contribution in [-0.4, -0.2) is 36.2 Å². The van der Waals surface area contributed by atoms with Crippen LogP contribution in [0.4, 0.5) is 0 Å². The molecule has 0 aliphatic carbocycles. The molecule has 0 amide bonds. The first-order chi connectivity index (χ1) is 7.11. The number of hydrogen-bond donors (Lipinski definition) is 2. The molecular formula is C11H17ClN2O. The Morgan fingerprint density at radius 3 is 2.53 bits per heavy atom. The van der Waals surface area contributed by atoms with Crippen molar-refractivity contribution in [1.29, 1.82) is 0 Å². The third-order valence-corrected chi connectivity index (χ3v) is 2.41. The van der Waals surface area contributed by atoms with Crippen LogP contribution in [0.3, 0.4) is 0 Å². The SMILES string of the molecule is CN(Cc1ccc(Cl)cc1)CC(O)CN. The highest BCUT2D eigenvalue weighted by Crippen LogP contribution is 2.10. The minimum absolute atomic E-state index is 0.297. The van der Waals surface area contributed by atoms with Crippen molar-refractivity contribution < 1.29 is 5.11 Å². The van der Waals surface area contributed by atoms with Gasteiger partial charge in [0.2, 0.25) is 0 Å². The molecular weight excluding hydrogens is 212 g/mol. The van der Waals surface area contributed by atoms with Crippen molar-refractivity contribution in [2.24, 2.45) is 5.73 Å². The van der Waals surface area contributed by atoms with Gasteiger partial charge in [0, 0.05) is 24.7 Å². The summed E-state index contributed by atoms with van der Waals surface area (Å²) >= 11 is 5.78. The number of likely N-dealkylation sites (N-methyl/N-ethyl adjacent to an activating group) is 1. The van der Waals surface area contributed by atoms with Crippen LogP contribution in [0.15, 0.2) is 24.3 Å². The maximum absolute atomic E-state index is 9.36. The maximum atomic E-state index is 9.36. The molecule has 4 heteroatoms. The lowest BCUT2D eigenvalue weighted by molar-refractivity contribution is 0.129. The first kappa shape index (κ1) is 12.5. The first-order valence-electron chi connectivity index (χ1n) is 4.93. The van der Waals surface area contributed by atoms with Crippen LogP contribution in [0, 0.1) is 0 Å². The Balaban J connectivity index is 2.44. The molecule has 1 rings (SSSR count). The second kappa shape index (κ2) is 6.08. The number of nitrogens with two attached hydrogens (primary N) is 1. The van der Waals surface area contributed by atoms with Crippen molar-refractivity contribution in [3.63, 3.8) is 0 Å². The van der Waals surface area contributed by atoms with E-state index in [1.165, 1.54) is 5.56 Å². The minimum Gasteiger partial charge on any atom is -0.390 e. The van der Waals surface area contributed by atoms with Crippen molar-refractivity contribution in [1.82, 2.24) is 4.90 Å². The Kier molecular flexibility index (Phi) is 5.05. The van der Waals surface area contributed by atoms with Gasteiger partial charge in [-0.15, -0.1) is 0 Å². The number of nitrogens with zero attached hydrogens (tertiary/aromatic N) is 1. The molecule has 1 unspecified atom stereocenters. The molecule has 0 fully saturated rings. The average Bonchev–Trinajstić information content (AvgIpc) is 2.21. The van der Waals surface area contributed by atoms with E-state index in [2.05, 4.69) is 0 Å². The topological polar surface area (TPSA) is 49.5 Å². The molecule has 0 aromatic heterocycles. The predicted molar refractivity (Wildman–Crippen MR) is 62.8 cm³/mol. The van der Waals surface area contributed by atoms with Gasteiger partial charge in [-0.05, 0) is 24.7 Å². The number of benzene rings is 1. The lowest BCUT2D eigenvalue weighted by Gasteiger charge is -2.19. The zero-order chi connectivity index (χ0) is 11.3. The Hall–Kier alpha value is -0.610. The van der Waals surface area contributed by atoms with Crippen molar-refractivity contribution in [2.75, 3.05) is 20.1 Å². The fourth-order valence-corrected chi connectivity index (χ4v) is 1.53. The van der Waals surface area contributed by atoms with Gasteiger partial charge in [0.25, 0.3) is 0 Å². The maximum Gasteiger partial charge on any atom is 0.0789 e. The van der Waals surface area contributed by atoms with Gasteiger partial charge >= 0.3 is 0 Å². The first-order valence-corrected chi connectivity index (χ1v) is 5.30. The summed E-state index contributed by atoms with van der Waals surface area (Å²) in [7, 11) is 1.95. The van der Waals surface area contributed by atoms with Gasteiger partial charge in [-0.1, -0.05) is 23.7 Å². The smallest absolute Gasteiger partial charge is 0.0789 e. The summed E-state index contributed by atoms with van der Waals surface area (Å²) in [6.45, 7) is 1.66. The van der Waals surface area contributed by atoms with Gasteiger partial charge in [0.1, 0.15) is 0 Å². The highest BCUT2D eigenvalue weighted by atomic mass is 35.5. The minimum atomic E-state index is -0.456. The molecule has 0 aliphatic rings. The second-order valence-corrected chi connectivity index (χ2v) is 4.15. The van der Waals surface area contributed by atoms with E-state index >= 15 is 0 Å². The summed E-state index contributed by atoms with van der Waals surface area (Å²) in [6.07, 6.45) is -0.456. The van der Waals surface area contributed by atoms with Gasteiger partial charge < -0.3 is 10.8 Å². The molecule has 15 heavy (non-hydrogen) atoms. The third kappa shape index (κ3) is 4.62. The Morgan fingerprint density at radius 2 is 2.00 bits per heavy atom. The van der Waals surface area contributed by atoms with Gasteiger partial charge in [-0.25, -0.2) is 0 Å². The Labute approximate surface area is 95.5 Å². The van der Waals surface area contributed by atoms with Gasteiger partial charge in [0.15, 0.2) is 0 Å². The van der Waals surface area contributed by atoms with Gasteiger partial charge in [-0.3, -0.25) is 4.90 Å². The fraction of sp³-hybridized carbons (Fsp3) is 0.455. The molecule has 3 nitrogen and oxygen atoms in total. The van der Waals surface area contributed by atoms with E-state index in [0.717, 1.165) is 11.6 Å². The average molecular weight is 229 g/mol. The lowest BCUT2D eigenvalue weighted by Crippen LogP contribution is -2.33. The molecule has 1 aromatic carbocycles. The summed E-state index contributed by atoms with van der Waals surface area (Å²) in [5, 5.41) is 10.1. The number of rotatable bonds is 5. The number of halogens is 1. The Bertz CT molecular complexity index is 289. The number of aliphatic hydroxyl groups is 1. The van der Waals surface area contributed by atoms with Crippen molar-refractivity contribution in [3.8, 4) is 0 Å². The van der Waals surface area contributed by atoms with Crippen LogP contribution in [0.1, 0.15) is 5.56 Å². The van der Waals surface area contributed by atoms with Crippen molar-refractivity contribution in [3.05, 3.63) is 34.9 Å². The highest BCUT2D eigenvalue weighted by molar-refractivity contribution is 6.30. The van der Waals surface area contributed by atoms with Crippen molar-refractivity contribution >= 4 is 11.6 Å². The predicted octanol–water partition coefficient (Wildman–Crippen LogP) is 1.09. The van der Waals surface area contributed by atoms with E-state index in [9.17, 15) is 5.11 Å². The highest BCUT2D eigenvalue weighted by Gasteiger charge is 2.06. The molecule has 0 heterocycles. The number of hydrogen-bond acceptors (Lipinski definition) is 3. The van der Waals surface area contributed by atoms with Crippen LogP contribution in [0.5, 0.6) is 0 Å². The monoisotopic (exact) mass is 228 g/mol. The molecule has 84 valence electrons. The van der Waals surface area contributed by atoms with Crippen molar-refractivity contribution in [2.45, 2.75) is 12.6 Å². The van der Waals surface area contributed by atoms with Crippen LogP contribution >= 0.6 is 11.6 Å². The van der Waals surface area contributed by atoms with Crippen LogP contribution in [0.2, 0.25) is 5.02 Å². The molecule has 1 aromatic rings. The summed E-state index contributed by atoms with van der Waals surface area (Å²) in [5.41, 5.74) is 6.51. The molecule has 0 saturated heterocycles. The molecule has 1 atom stereocenters.